The van der Waals surface area contributed by atoms with Gasteiger partial charge in [-0.05, 0) is 36.4 Å². The summed E-state index contributed by atoms with van der Waals surface area (Å²) in [6.07, 6.45) is -0.122. The highest BCUT2D eigenvalue weighted by molar-refractivity contribution is 6.30. The number of halogens is 1. The summed E-state index contributed by atoms with van der Waals surface area (Å²) < 4.78 is 10.7. The van der Waals surface area contributed by atoms with Crippen LogP contribution in [0, 0.1) is 0 Å². The van der Waals surface area contributed by atoms with E-state index in [0.29, 0.717) is 35.5 Å². The van der Waals surface area contributed by atoms with Gasteiger partial charge in [-0.2, -0.15) is 0 Å². The summed E-state index contributed by atoms with van der Waals surface area (Å²) in [5.41, 5.74) is 0.787. The Morgan fingerprint density at radius 2 is 1.83 bits per heavy atom. The van der Waals surface area contributed by atoms with Crippen LogP contribution in [0.1, 0.15) is 5.89 Å². The summed E-state index contributed by atoms with van der Waals surface area (Å²) in [4.78, 5) is 11.6. The van der Waals surface area contributed by atoms with E-state index < -0.39 is 6.09 Å². The molecule has 0 aliphatic carbocycles. The number of hydrogen-bond acceptors (Lipinski definition) is 5. The lowest BCUT2D eigenvalue weighted by Gasteiger charge is -2.04. The van der Waals surface area contributed by atoms with E-state index in [2.05, 4.69) is 15.5 Å². The third-order valence-electron chi connectivity index (χ3n) is 3.12. The minimum atomic E-state index is -0.529. The van der Waals surface area contributed by atoms with Gasteiger partial charge in [0.2, 0.25) is 11.8 Å². The van der Waals surface area contributed by atoms with E-state index in [-0.39, 0.29) is 0 Å². The normalized spacial score (nSPS) is 10.4. The van der Waals surface area contributed by atoms with Gasteiger partial charge < -0.3 is 14.5 Å². The number of ether oxygens (including phenoxy) is 1. The lowest BCUT2D eigenvalue weighted by Crippen LogP contribution is -2.28. The summed E-state index contributed by atoms with van der Waals surface area (Å²) >= 11 is 5.84. The topological polar surface area (TPSA) is 77.3 Å². The number of nitrogens with one attached hydrogen (secondary N) is 1. The Morgan fingerprint density at radius 1 is 1.08 bits per heavy atom. The maximum absolute atomic E-state index is 11.6. The lowest BCUT2D eigenvalue weighted by atomic mass is 10.2. The number of hydrogen-bond donors (Lipinski definition) is 1. The first-order chi connectivity index (χ1) is 11.7. The second-order valence-electron chi connectivity index (χ2n) is 4.89. The summed E-state index contributed by atoms with van der Waals surface area (Å²) in [5.74, 6) is 1.33. The summed E-state index contributed by atoms with van der Waals surface area (Å²) in [6, 6.07) is 15.9. The molecule has 0 radical (unpaired) electrons. The average Bonchev–Trinajstić information content (AvgIpc) is 3.05. The van der Waals surface area contributed by atoms with E-state index in [1.54, 1.807) is 48.5 Å². The van der Waals surface area contributed by atoms with Gasteiger partial charge in [0.05, 0.1) is 0 Å². The number of carbonyl (C=O) groups excluding carboxylic acids is 1. The Morgan fingerprint density at radius 3 is 2.58 bits per heavy atom. The molecule has 0 aliphatic rings. The van der Waals surface area contributed by atoms with E-state index in [0.717, 1.165) is 5.56 Å². The monoisotopic (exact) mass is 343 g/mol. The SMILES string of the molecule is O=C(NCCc1nnc(-c2ccc(Cl)cc2)o1)Oc1ccccc1. The Balaban J connectivity index is 1.49. The number of rotatable bonds is 5. The lowest BCUT2D eigenvalue weighted by molar-refractivity contribution is 0.200. The smallest absolute Gasteiger partial charge is 0.412 e. The third kappa shape index (κ3) is 4.33. The van der Waals surface area contributed by atoms with Crippen molar-refractivity contribution in [2.24, 2.45) is 0 Å². The molecule has 2 aromatic carbocycles. The van der Waals surface area contributed by atoms with Crippen LogP contribution in [-0.4, -0.2) is 22.8 Å². The molecule has 6 nitrogen and oxygen atoms in total. The molecule has 7 heteroatoms. The van der Waals surface area contributed by atoms with Gasteiger partial charge in [-0.15, -0.1) is 10.2 Å². The quantitative estimate of drug-likeness (QED) is 0.764. The van der Waals surface area contributed by atoms with Gasteiger partial charge in [0.25, 0.3) is 0 Å². The predicted molar refractivity (Wildman–Crippen MR) is 88.9 cm³/mol. The second-order valence-corrected chi connectivity index (χ2v) is 5.32. The largest absolute Gasteiger partial charge is 0.421 e. The molecule has 3 rings (SSSR count). The highest BCUT2D eigenvalue weighted by Gasteiger charge is 2.09. The second kappa shape index (κ2) is 7.61. The standard InChI is InChI=1S/C17H14ClN3O3/c18-13-8-6-12(7-9-13)16-21-20-15(24-16)10-11-19-17(22)23-14-4-2-1-3-5-14/h1-9H,10-11H2,(H,19,22). The first kappa shape index (κ1) is 16.0. The summed E-state index contributed by atoms with van der Waals surface area (Å²) in [7, 11) is 0. The predicted octanol–water partition coefficient (Wildman–Crippen LogP) is 3.72. The Hall–Kier alpha value is -2.86. The number of aromatic nitrogens is 2. The number of nitrogens with zero attached hydrogens (tertiary/aromatic N) is 2. The Labute approximate surface area is 143 Å². The molecule has 0 unspecified atom stereocenters. The highest BCUT2D eigenvalue weighted by atomic mass is 35.5. The van der Waals surface area contributed by atoms with Gasteiger partial charge in [0, 0.05) is 23.6 Å². The maximum atomic E-state index is 11.6. The maximum Gasteiger partial charge on any atom is 0.412 e. The van der Waals surface area contributed by atoms with Crippen molar-refractivity contribution in [3.8, 4) is 17.2 Å². The molecule has 3 aromatic rings. The van der Waals surface area contributed by atoms with Gasteiger partial charge in [0.15, 0.2) is 0 Å². The van der Waals surface area contributed by atoms with E-state index in [4.69, 9.17) is 20.8 Å². The summed E-state index contributed by atoms with van der Waals surface area (Å²) in [5, 5.41) is 11.2. The molecular weight excluding hydrogens is 330 g/mol. The molecule has 1 N–H and O–H groups in total. The molecule has 0 saturated carbocycles. The van der Waals surface area contributed by atoms with Crippen molar-refractivity contribution in [2.75, 3.05) is 6.54 Å². The Bertz CT molecular complexity index is 803. The Kier molecular flexibility index (Phi) is 5.08. The van der Waals surface area contributed by atoms with Crippen LogP contribution in [0.4, 0.5) is 4.79 Å². The molecule has 0 bridgehead atoms. The van der Waals surface area contributed by atoms with Crippen LogP contribution in [-0.2, 0) is 6.42 Å². The number of amides is 1. The molecule has 122 valence electrons. The minimum Gasteiger partial charge on any atom is -0.421 e. The fourth-order valence-corrected chi connectivity index (χ4v) is 2.09. The fraction of sp³-hybridized carbons (Fsp3) is 0.118. The van der Waals surface area contributed by atoms with Crippen LogP contribution in [0.3, 0.4) is 0 Å². The van der Waals surface area contributed by atoms with Gasteiger partial charge in [0.1, 0.15) is 5.75 Å². The molecule has 0 aliphatic heterocycles. The van der Waals surface area contributed by atoms with E-state index >= 15 is 0 Å². The third-order valence-corrected chi connectivity index (χ3v) is 3.37. The van der Waals surface area contributed by atoms with Crippen molar-refractivity contribution in [2.45, 2.75) is 6.42 Å². The number of benzene rings is 2. The zero-order chi connectivity index (χ0) is 16.8. The molecule has 0 saturated heterocycles. The molecule has 24 heavy (non-hydrogen) atoms. The van der Waals surface area contributed by atoms with Gasteiger partial charge in [-0.1, -0.05) is 29.8 Å². The highest BCUT2D eigenvalue weighted by Crippen LogP contribution is 2.20. The summed E-state index contributed by atoms with van der Waals surface area (Å²) in [6.45, 7) is 0.327. The van der Waals surface area contributed by atoms with Gasteiger partial charge in [-0.3, -0.25) is 0 Å². The van der Waals surface area contributed by atoms with Crippen molar-refractivity contribution < 1.29 is 13.9 Å². The van der Waals surface area contributed by atoms with Crippen LogP contribution >= 0.6 is 11.6 Å². The molecule has 0 spiro atoms. The zero-order valence-electron chi connectivity index (χ0n) is 12.6. The van der Waals surface area contributed by atoms with Gasteiger partial charge in [-0.25, -0.2) is 4.79 Å². The molecule has 1 heterocycles. The molecule has 1 aromatic heterocycles. The zero-order valence-corrected chi connectivity index (χ0v) is 13.4. The van der Waals surface area contributed by atoms with Crippen molar-refractivity contribution in [3.63, 3.8) is 0 Å². The van der Waals surface area contributed by atoms with Crippen LogP contribution in [0.2, 0.25) is 5.02 Å². The van der Waals surface area contributed by atoms with E-state index in [9.17, 15) is 4.79 Å². The molecule has 1 amide bonds. The molecular formula is C17H14ClN3O3. The van der Waals surface area contributed by atoms with Crippen LogP contribution in [0.15, 0.2) is 59.0 Å². The van der Waals surface area contributed by atoms with Crippen LogP contribution in [0.25, 0.3) is 11.5 Å². The van der Waals surface area contributed by atoms with Crippen LogP contribution in [0.5, 0.6) is 5.75 Å². The average molecular weight is 344 g/mol. The van der Waals surface area contributed by atoms with Crippen molar-refractivity contribution in [1.29, 1.82) is 0 Å². The minimum absolute atomic E-state index is 0.327. The first-order valence-electron chi connectivity index (χ1n) is 7.30. The number of carbonyl (C=O) groups is 1. The van der Waals surface area contributed by atoms with E-state index in [1.165, 1.54) is 0 Å². The van der Waals surface area contributed by atoms with E-state index in [1.807, 2.05) is 6.07 Å². The van der Waals surface area contributed by atoms with Crippen LogP contribution < -0.4 is 10.1 Å². The van der Waals surface area contributed by atoms with Crippen molar-refractivity contribution in [3.05, 3.63) is 65.5 Å². The molecule has 0 fully saturated rings. The first-order valence-corrected chi connectivity index (χ1v) is 7.67. The fourth-order valence-electron chi connectivity index (χ4n) is 1.97. The van der Waals surface area contributed by atoms with Gasteiger partial charge >= 0.3 is 6.09 Å². The van der Waals surface area contributed by atoms with Crippen molar-refractivity contribution in [1.82, 2.24) is 15.5 Å². The van der Waals surface area contributed by atoms with Crippen molar-refractivity contribution >= 4 is 17.7 Å². The molecule has 0 atom stereocenters. The number of para-hydroxylation sites is 1.